The molecule has 2 aromatic heterocycles. The van der Waals surface area contributed by atoms with Crippen molar-refractivity contribution in [2.75, 3.05) is 50.8 Å². The highest BCUT2D eigenvalue weighted by atomic mass is 16.6. The standard InChI is InChI=1S/C26H29N5O5/c1-2-35-24(34)30-13-11-29(12-14-30)21-4-3-18(15-28-21)25(6-7-25)23(33)31-10-8-26(17-31)20-5-9-27-16-19(20)22(32)36-26/h3-5,9,15-16H,2,6-8,10-14,17H2,1H3. The normalized spacial score (nSPS) is 24.0. The van der Waals surface area contributed by atoms with E-state index in [1.54, 1.807) is 24.2 Å². The van der Waals surface area contributed by atoms with Crippen LogP contribution in [-0.2, 0) is 25.3 Å². The third-order valence-corrected chi connectivity index (χ3v) is 7.93. The lowest BCUT2D eigenvalue weighted by atomic mass is 9.92. The molecule has 188 valence electrons. The Morgan fingerprint density at radius 3 is 2.53 bits per heavy atom. The van der Waals surface area contributed by atoms with E-state index in [9.17, 15) is 14.4 Å². The van der Waals surface area contributed by atoms with Crippen molar-refractivity contribution >= 4 is 23.8 Å². The molecule has 0 bridgehead atoms. The Morgan fingerprint density at radius 1 is 1.03 bits per heavy atom. The van der Waals surface area contributed by atoms with Crippen LogP contribution >= 0.6 is 0 Å². The number of aromatic nitrogens is 2. The molecule has 1 aliphatic carbocycles. The molecule has 2 amide bonds. The van der Waals surface area contributed by atoms with Crippen molar-refractivity contribution in [2.24, 2.45) is 0 Å². The third-order valence-electron chi connectivity index (χ3n) is 7.93. The number of carbonyl (C=O) groups is 3. The van der Waals surface area contributed by atoms with Crippen LogP contribution in [0.1, 0.15) is 47.7 Å². The number of rotatable bonds is 4. The van der Waals surface area contributed by atoms with Crippen molar-refractivity contribution in [1.29, 1.82) is 0 Å². The molecule has 0 aromatic carbocycles. The molecule has 5 heterocycles. The van der Waals surface area contributed by atoms with Crippen LogP contribution in [0.4, 0.5) is 10.6 Å². The highest BCUT2D eigenvalue weighted by Gasteiger charge is 2.58. The fourth-order valence-corrected chi connectivity index (χ4v) is 5.74. The van der Waals surface area contributed by atoms with Gasteiger partial charge in [0.05, 0.1) is 24.1 Å². The number of piperazine rings is 1. The van der Waals surface area contributed by atoms with E-state index in [2.05, 4.69) is 14.9 Å². The number of pyridine rings is 2. The fraction of sp³-hybridized carbons (Fsp3) is 0.500. The Morgan fingerprint density at radius 2 is 1.83 bits per heavy atom. The zero-order valence-electron chi connectivity index (χ0n) is 20.3. The first-order chi connectivity index (χ1) is 17.5. The topological polar surface area (TPSA) is 105 Å². The van der Waals surface area contributed by atoms with Crippen molar-refractivity contribution < 1.29 is 23.9 Å². The summed E-state index contributed by atoms with van der Waals surface area (Å²) in [6.45, 7) is 5.63. The molecule has 1 saturated carbocycles. The maximum Gasteiger partial charge on any atom is 0.409 e. The fourth-order valence-electron chi connectivity index (χ4n) is 5.74. The number of amides is 2. The van der Waals surface area contributed by atoms with E-state index in [-0.39, 0.29) is 18.0 Å². The molecule has 1 unspecified atom stereocenters. The summed E-state index contributed by atoms with van der Waals surface area (Å²) in [6.07, 6.45) is 6.92. The molecule has 3 fully saturated rings. The van der Waals surface area contributed by atoms with Gasteiger partial charge in [0.25, 0.3) is 0 Å². The molecular weight excluding hydrogens is 462 g/mol. The summed E-state index contributed by atoms with van der Waals surface area (Å²) in [5, 5.41) is 0. The van der Waals surface area contributed by atoms with Gasteiger partial charge in [0, 0.05) is 63.3 Å². The van der Waals surface area contributed by atoms with Gasteiger partial charge in [-0.2, -0.15) is 0 Å². The maximum absolute atomic E-state index is 13.7. The minimum atomic E-state index is -0.769. The summed E-state index contributed by atoms with van der Waals surface area (Å²) in [6, 6.07) is 5.81. The predicted molar refractivity (Wildman–Crippen MR) is 128 cm³/mol. The van der Waals surface area contributed by atoms with Gasteiger partial charge in [0.2, 0.25) is 5.91 Å². The van der Waals surface area contributed by atoms with Crippen molar-refractivity contribution in [2.45, 2.75) is 37.2 Å². The highest BCUT2D eigenvalue weighted by molar-refractivity contribution is 5.95. The lowest BCUT2D eigenvalue weighted by molar-refractivity contribution is -0.134. The van der Waals surface area contributed by atoms with Gasteiger partial charge in [-0.25, -0.2) is 14.6 Å². The quantitative estimate of drug-likeness (QED) is 0.599. The minimum absolute atomic E-state index is 0.0792. The van der Waals surface area contributed by atoms with Crippen LogP contribution in [0.15, 0.2) is 36.8 Å². The molecule has 1 atom stereocenters. The van der Waals surface area contributed by atoms with Gasteiger partial charge in [-0.3, -0.25) is 9.78 Å². The second-order valence-corrected chi connectivity index (χ2v) is 9.94. The van der Waals surface area contributed by atoms with E-state index in [0.717, 1.165) is 29.8 Å². The molecule has 3 aliphatic heterocycles. The number of fused-ring (bicyclic) bond motifs is 2. The van der Waals surface area contributed by atoms with Crippen molar-refractivity contribution in [1.82, 2.24) is 19.8 Å². The molecule has 0 N–H and O–H groups in total. The second kappa shape index (κ2) is 8.46. The smallest absolute Gasteiger partial charge is 0.409 e. The number of hydrogen-bond donors (Lipinski definition) is 0. The maximum atomic E-state index is 13.7. The molecule has 4 aliphatic rings. The number of esters is 1. The predicted octanol–water partition coefficient (Wildman–Crippen LogP) is 2.08. The number of nitrogens with zero attached hydrogens (tertiary/aromatic N) is 5. The number of anilines is 1. The summed E-state index contributed by atoms with van der Waals surface area (Å²) in [7, 11) is 0. The van der Waals surface area contributed by atoms with Crippen LogP contribution < -0.4 is 4.90 Å². The summed E-state index contributed by atoms with van der Waals surface area (Å²) in [4.78, 5) is 52.4. The average Bonchev–Trinajstić information content (AvgIpc) is 3.54. The van der Waals surface area contributed by atoms with Crippen molar-refractivity contribution in [3.05, 3.63) is 53.5 Å². The molecule has 36 heavy (non-hydrogen) atoms. The monoisotopic (exact) mass is 491 g/mol. The lowest BCUT2D eigenvalue weighted by Crippen LogP contribution is -2.49. The summed E-state index contributed by atoms with van der Waals surface area (Å²) in [5.41, 5.74) is 0.932. The molecule has 2 saturated heterocycles. The minimum Gasteiger partial charge on any atom is -0.450 e. The van der Waals surface area contributed by atoms with Crippen LogP contribution in [-0.4, -0.2) is 83.6 Å². The van der Waals surface area contributed by atoms with Gasteiger partial charge in [0.15, 0.2) is 5.60 Å². The van der Waals surface area contributed by atoms with E-state index >= 15 is 0 Å². The van der Waals surface area contributed by atoms with Crippen LogP contribution in [0.25, 0.3) is 0 Å². The van der Waals surface area contributed by atoms with E-state index in [1.165, 1.54) is 0 Å². The van der Waals surface area contributed by atoms with Crippen LogP contribution in [0.5, 0.6) is 0 Å². The molecular formula is C26H29N5O5. The van der Waals surface area contributed by atoms with Gasteiger partial charge in [-0.15, -0.1) is 0 Å². The molecule has 10 nitrogen and oxygen atoms in total. The molecule has 1 spiro atoms. The Labute approximate surface area is 209 Å². The number of likely N-dealkylation sites (tertiary alicyclic amines) is 1. The first-order valence-electron chi connectivity index (χ1n) is 12.6. The van der Waals surface area contributed by atoms with Crippen molar-refractivity contribution in [3.8, 4) is 0 Å². The van der Waals surface area contributed by atoms with E-state index in [1.807, 2.05) is 29.3 Å². The zero-order valence-corrected chi connectivity index (χ0v) is 20.3. The average molecular weight is 492 g/mol. The Hall–Kier alpha value is -3.69. The summed E-state index contributed by atoms with van der Waals surface area (Å²) in [5.74, 6) is 0.556. The largest absolute Gasteiger partial charge is 0.450 e. The second-order valence-electron chi connectivity index (χ2n) is 9.94. The Balaban J connectivity index is 1.13. The van der Waals surface area contributed by atoms with Gasteiger partial charge in [0.1, 0.15) is 5.82 Å². The van der Waals surface area contributed by atoms with Crippen LogP contribution in [0.3, 0.4) is 0 Å². The first kappa shape index (κ1) is 22.8. The Bertz CT molecular complexity index is 1210. The molecule has 0 radical (unpaired) electrons. The van der Waals surface area contributed by atoms with Gasteiger partial charge in [-0.05, 0) is 37.5 Å². The van der Waals surface area contributed by atoms with E-state index in [0.29, 0.717) is 57.9 Å². The van der Waals surface area contributed by atoms with Gasteiger partial charge < -0.3 is 24.2 Å². The first-order valence-corrected chi connectivity index (χ1v) is 12.6. The molecule has 10 heteroatoms. The SMILES string of the molecule is CCOC(=O)N1CCN(c2ccc(C3(C(=O)N4CCC5(C4)OC(=O)c4cnccc45)CC3)cn2)CC1. The van der Waals surface area contributed by atoms with Crippen LogP contribution in [0.2, 0.25) is 0 Å². The van der Waals surface area contributed by atoms with Crippen LogP contribution in [0, 0.1) is 0 Å². The molecule has 2 aromatic rings. The lowest BCUT2D eigenvalue weighted by Gasteiger charge is -2.34. The van der Waals surface area contributed by atoms with E-state index < -0.39 is 11.0 Å². The third kappa shape index (κ3) is 3.58. The number of carbonyl (C=O) groups excluding carboxylic acids is 3. The van der Waals surface area contributed by atoms with Crippen molar-refractivity contribution in [3.63, 3.8) is 0 Å². The van der Waals surface area contributed by atoms with Gasteiger partial charge in [-0.1, -0.05) is 6.07 Å². The highest BCUT2D eigenvalue weighted by Crippen LogP contribution is 2.52. The number of hydrogen-bond acceptors (Lipinski definition) is 8. The number of ether oxygens (including phenoxy) is 2. The summed E-state index contributed by atoms with van der Waals surface area (Å²) < 4.78 is 10.9. The Kier molecular flexibility index (Phi) is 5.35. The molecule has 6 rings (SSSR count). The van der Waals surface area contributed by atoms with E-state index in [4.69, 9.17) is 9.47 Å². The summed E-state index contributed by atoms with van der Waals surface area (Å²) >= 11 is 0. The zero-order chi connectivity index (χ0) is 24.9. The van der Waals surface area contributed by atoms with Gasteiger partial charge >= 0.3 is 12.1 Å².